The first kappa shape index (κ1) is 18.5. The first-order chi connectivity index (χ1) is 13.0. The highest BCUT2D eigenvalue weighted by molar-refractivity contribution is 6.03. The van der Waals surface area contributed by atoms with E-state index >= 15 is 0 Å². The maximum atomic E-state index is 12.5. The molecule has 5 nitrogen and oxygen atoms in total. The van der Waals surface area contributed by atoms with Gasteiger partial charge in [0.25, 0.3) is 5.91 Å². The fourth-order valence-corrected chi connectivity index (χ4v) is 2.85. The van der Waals surface area contributed by atoms with Gasteiger partial charge in [0.2, 0.25) is 0 Å². The summed E-state index contributed by atoms with van der Waals surface area (Å²) >= 11 is 0. The highest BCUT2D eigenvalue weighted by Crippen LogP contribution is 2.24. The predicted octanol–water partition coefficient (Wildman–Crippen LogP) is 5.09. The molecule has 3 rings (SSSR count). The van der Waals surface area contributed by atoms with Gasteiger partial charge in [-0.3, -0.25) is 4.79 Å². The molecule has 0 saturated carbocycles. The Hall–Kier alpha value is -3.34. The van der Waals surface area contributed by atoms with Gasteiger partial charge in [-0.1, -0.05) is 18.2 Å². The lowest BCUT2D eigenvalue weighted by molar-refractivity contribution is 0.102. The zero-order valence-electron chi connectivity index (χ0n) is 15.7. The Bertz CT molecular complexity index is 916. The van der Waals surface area contributed by atoms with Crippen LogP contribution in [0.15, 0.2) is 60.8 Å². The summed E-state index contributed by atoms with van der Waals surface area (Å²) in [4.78, 5) is 16.8. The Morgan fingerprint density at radius 1 is 1.00 bits per heavy atom. The highest BCUT2D eigenvalue weighted by atomic mass is 16.5. The topological polar surface area (TPSA) is 63.2 Å². The van der Waals surface area contributed by atoms with Crippen LogP contribution in [0.1, 0.15) is 28.5 Å². The number of benzene rings is 2. The summed E-state index contributed by atoms with van der Waals surface area (Å²) in [7, 11) is 0. The second-order valence-electron chi connectivity index (χ2n) is 6.32. The highest BCUT2D eigenvalue weighted by Gasteiger charge is 2.11. The van der Waals surface area contributed by atoms with Crippen LogP contribution in [0, 0.1) is 13.8 Å². The Morgan fingerprint density at radius 2 is 1.74 bits per heavy atom. The monoisotopic (exact) mass is 361 g/mol. The van der Waals surface area contributed by atoms with Crippen molar-refractivity contribution in [3.8, 4) is 5.75 Å². The number of amides is 1. The van der Waals surface area contributed by atoms with Gasteiger partial charge in [0.1, 0.15) is 11.4 Å². The van der Waals surface area contributed by atoms with Crippen molar-refractivity contribution in [2.75, 3.05) is 17.2 Å². The quantitative estimate of drug-likeness (QED) is 0.642. The maximum absolute atomic E-state index is 12.5. The number of rotatable bonds is 6. The Morgan fingerprint density at radius 3 is 2.41 bits per heavy atom. The van der Waals surface area contributed by atoms with Crippen LogP contribution in [0.5, 0.6) is 5.75 Å². The van der Waals surface area contributed by atoms with E-state index in [0.29, 0.717) is 23.7 Å². The number of pyridine rings is 1. The molecule has 2 N–H and O–H groups in total. The second kappa shape index (κ2) is 8.36. The van der Waals surface area contributed by atoms with Crippen LogP contribution in [-0.2, 0) is 0 Å². The molecule has 138 valence electrons. The molecular weight excluding hydrogens is 338 g/mol. The molecule has 2 aromatic carbocycles. The SMILES string of the molecule is CCOc1ccccc1NC(=O)c1ccc(Nc2cc(C)cc(C)c2)cn1. The molecular formula is C22H23N3O2. The lowest BCUT2D eigenvalue weighted by Gasteiger charge is -2.11. The summed E-state index contributed by atoms with van der Waals surface area (Å²) in [5.41, 5.74) is 5.17. The fraction of sp³-hybridized carbons (Fsp3) is 0.182. The average molecular weight is 361 g/mol. The number of para-hydroxylation sites is 2. The molecule has 5 heteroatoms. The van der Waals surface area contributed by atoms with E-state index in [1.807, 2.05) is 31.2 Å². The minimum absolute atomic E-state index is 0.278. The van der Waals surface area contributed by atoms with E-state index in [4.69, 9.17) is 4.74 Å². The number of carbonyl (C=O) groups excluding carboxylic acids is 1. The summed E-state index contributed by atoms with van der Waals surface area (Å²) < 4.78 is 5.53. The smallest absolute Gasteiger partial charge is 0.274 e. The van der Waals surface area contributed by atoms with Crippen molar-refractivity contribution >= 4 is 23.0 Å². The molecule has 27 heavy (non-hydrogen) atoms. The summed E-state index contributed by atoms with van der Waals surface area (Å²) in [5.74, 6) is 0.363. The van der Waals surface area contributed by atoms with Crippen LogP contribution in [0.4, 0.5) is 17.1 Å². The third-order valence-electron chi connectivity index (χ3n) is 3.94. The van der Waals surface area contributed by atoms with E-state index in [9.17, 15) is 4.79 Å². The van der Waals surface area contributed by atoms with Gasteiger partial charge in [-0.15, -0.1) is 0 Å². The minimum Gasteiger partial charge on any atom is -0.492 e. The largest absolute Gasteiger partial charge is 0.492 e. The third-order valence-corrected chi connectivity index (χ3v) is 3.94. The molecule has 0 radical (unpaired) electrons. The van der Waals surface area contributed by atoms with Crippen molar-refractivity contribution in [1.29, 1.82) is 0 Å². The zero-order chi connectivity index (χ0) is 19.2. The van der Waals surface area contributed by atoms with Crippen LogP contribution >= 0.6 is 0 Å². The summed E-state index contributed by atoms with van der Waals surface area (Å²) in [6, 6.07) is 17.1. The van der Waals surface area contributed by atoms with Gasteiger partial charge in [0, 0.05) is 5.69 Å². The Labute approximate surface area is 159 Å². The second-order valence-corrected chi connectivity index (χ2v) is 6.32. The lowest BCUT2D eigenvalue weighted by atomic mass is 10.1. The van der Waals surface area contributed by atoms with Gasteiger partial charge >= 0.3 is 0 Å². The maximum Gasteiger partial charge on any atom is 0.274 e. The first-order valence-corrected chi connectivity index (χ1v) is 8.89. The zero-order valence-corrected chi connectivity index (χ0v) is 15.7. The number of hydrogen-bond donors (Lipinski definition) is 2. The molecule has 1 aromatic heterocycles. The van der Waals surface area contributed by atoms with Crippen LogP contribution in [-0.4, -0.2) is 17.5 Å². The number of carbonyl (C=O) groups is 1. The number of nitrogens with zero attached hydrogens (tertiary/aromatic N) is 1. The summed E-state index contributed by atoms with van der Waals surface area (Å²) in [6.07, 6.45) is 1.65. The van der Waals surface area contributed by atoms with Crippen LogP contribution in [0.25, 0.3) is 0 Å². The summed E-state index contributed by atoms with van der Waals surface area (Å²) in [6.45, 7) is 6.56. The van der Waals surface area contributed by atoms with E-state index in [-0.39, 0.29) is 5.91 Å². The number of hydrogen-bond acceptors (Lipinski definition) is 4. The standard InChI is InChI=1S/C22H23N3O2/c1-4-27-21-8-6-5-7-19(21)25-22(26)20-10-9-17(14-23-20)24-18-12-15(2)11-16(3)13-18/h5-14,24H,4H2,1-3H3,(H,25,26). The van der Waals surface area contributed by atoms with Gasteiger partial charge in [0.05, 0.1) is 24.2 Å². The number of ether oxygens (including phenoxy) is 1. The van der Waals surface area contributed by atoms with Crippen molar-refractivity contribution in [3.05, 3.63) is 77.6 Å². The van der Waals surface area contributed by atoms with Crippen LogP contribution in [0.3, 0.4) is 0 Å². The van der Waals surface area contributed by atoms with Gasteiger partial charge in [0.15, 0.2) is 0 Å². The van der Waals surface area contributed by atoms with E-state index in [0.717, 1.165) is 11.4 Å². The number of aromatic nitrogens is 1. The molecule has 0 aliphatic rings. The van der Waals surface area contributed by atoms with Crippen molar-refractivity contribution in [2.45, 2.75) is 20.8 Å². The molecule has 0 aliphatic carbocycles. The molecule has 1 amide bonds. The van der Waals surface area contributed by atoms with Crippen molar-refractivity contribution in [1.82, 2.24) is 4.98 Å². The fourth-order valence-electron chi connectivity index (χ4n) is 2.85. The molecule has 0 unspecified atom stereocenters. The van der Waals surface area contributed by atoms with Crippen molar-refractivity contribution in [2.24, 2.45) is 0 Å². The van der Waals surface area contributed by atoms with Crippen LogP contribution < -0.4 is 15.4 Å². The molecule has 3 aromatic rings. The van der Waals surface area contributed by atoms with E-state index < -0.39 is 0 Å². The average Bonchev–Trinajstić information content (AvgIpc) is 2.63. The predicted molar refractivity (Wildman–Crippen MR) is 109 cm³/mol. The van der Waals surface area contributed by atoms with E-state index in [1.165, 1.54) is 11.1 Å². The number of anilines is 3. The summed E-state index contributed by atoms with van der Waals surface area (Å²) in [5, 5.41) is 6.16. The van der Waals surface area contributed by atoms with Crippen LogP contribution in [0.2, 0.25) is 0 Å². The molecule has 0 aliphatic heterocycles. The Balaban J connectivity index is 1.70. The lowest BCUT2D eigenvalue weighted by Crippen LogP contribution is -2.14. The van der Waals surface area contributed by atoms with Gasteiger partial charge in [-0.2, -0.15) is 0 Å². The molecule has 0 fully saturated rings. The minimum atomic E-state index is -0.278. The number of aryl methyl sites for hydroxylation is 2. The van der Waals surface area contributed by atoms with Gasteiger partial charge in [-0.05, 0) is 68.3 Å². The van der Waals surface area contributed by atoms with Crippen molar-refractivity contribution < 1.29 is 9.53 Å². The number of nitrogens with one attached hydrogen (secondary N) is 2. The molecule has 0 bridgehead atoms. The first-order valence-electron chi connectivity index (χ1n) is 8.89. The van der Waals surface area contributed by atoms with Gasteiger partial charge in [-0.25, -0.2) is 4.98 Å². The van der Waals surface area contributed by atoms with E-state index in [1.54, 1.807) is 18.3 Å². The van der Waals surface area contributed by atoms with Gasteiger partial charge < -0.3 is 15.4 Å². The molecule has 0 atom stereocenters. The third kappa shape index (κ3) is 4.85. The molecule has 0 saturated heterocycles. The van der Waals surface area contributed by atoms with Crippen molar-refractivity contribution in [3.63, 3.8) is 0 Å². The normalized spacial score (nSPS) is 10.3. The Kier molecular flexibility index (Phi) is 5.71. The van der Waals surface area contributed by atoms with E-state index in [2.05, 4.69) is 47.7 Å². The molecule has 1 heterocycles. The molecule has 0 spiro atoms.